The van der Waals surface area contributed by atoms with Crippen molar-refractivity contribution >= 4 is 31.5 Å². The summed E-state index contributed by atoms with van der Waals surface area (Å²) in [5, 5.41) is 14.5. The number of anilines is 3. The number of carbonyl (C=O) groups is 1. The summed E-state index contributed by atoms with van der Waals surface area (Å²) in [5.41, 5.74) is 3.12. The number of rotatable bonds is 11. The summed E-state index contributed by atoms with van der Waals surface area (Å²) in [6.07, 6.45) is 4.26. The van der Waals surface area contributed by atoms with Crippen molar-refractivity contribution in [3.63, 3.8) is 0 Å². The van der Waals surface area contributed by atoms with Gasteiger partial charge in [0.05, 0.1) is 11.4 Å². The minimum Gasteiger partial charge on any atom is -0.457 e. The molecule has 9 nitrogen and oxygen atoms in total. The average Bonchev–Trinajstić information content (AvgIpc) is 3.38. The number of nitrogens with zero attached hydrogens (tertiary/aromatic N) is 3. The molecule has 0 saturated carbocycles. The van der Waals surface area contributed by atoms with Crippen LogP contribution in [0.2, 0.25) is 18.1 Å². The summed E-state index contributed by atoms with van der Waals surface area (Å²) >= 11 is 0. The van der Waals surface area contributed by atoms with Crippen molar-refractivity contribution in [3.05, 3.63) is 84.8 Å². The van der Waals surface area contributed by atoms with Gasteiger partial charge in [-0.2, -0.15) is 5.10 Å². The van der Waals surface area contributed by atoms with Gasteiger partial charge in [0.2, 0.25) is 0 Å². The number of urea groups is 1. The number of hydrogen-bond donors (Lipinski definition) is 3. The summed E-state index contributed by atoms with van der Waals surface area (Å²) in [4.78, 5) is 17.1. The van der Waals surface area contributed by atoms with Crippen molar-refractivity contribution < 1.29 is 14.0 Å². The Balaban J connectivity index is 1.41. The van der Waals surface area contributed by atoms with E-state index in [4.69, 9.17) is 14.3 Å². The van der Waals surface area contributed by atoms with E-state index in [1.54, 1.807) is 53.5 Å². The Morgan fingerprint density at radius 2 is 1.55 bits per heavy atom. The minimum atomic E-state index is -1.75. The molecule has 2 amide bonds. The summed E-state index contributed by atoms with van der Waals surface area (Å²) in [5.74, 6) is 1.92. The predicted octanol–water partition coefficient (Wildman–Crippen LogP) is 8.82. The number of hydrogen-bond acceptors (Lipinski definition) is 6. The highest BCUT2D eigenvalue weighted by Crippen LogP contribution is 2.36. The molecule has 0 atom stereocenters. The van der Waals surface area contributed by atoms with Gasteiger partial charge < -0.3 is 19.8 Å². The van der Waals surface area contributed by atoms with Gasteiger partial charge in [-0.3, -0.25) is 10.3 Å². The van der Waals surface area contributed by atoms with Gasteiger partial charge in [-0.05, 0) is 79.2 Å². The Bertz CT molecular complexity index is 1520. The normalized spacial score (nSPS) is 12.1. The maximum atomic E-state index is 13.1. The molecule has 0 aliphatic carbocycles. The molecular formula is C34H46N6O3Si. The molecule has 0 spiro atoms. The minimum absolute atomic E-state index is 0.202. The molecule has 0 aliphatic heterocycles. The van der Waals surface area contributed by atoms with E-state index in [0.717, 1.165) is 36.6 Å². The third-order valence-electron chi connectivity index (χ3n) is 7.73. The monoisotopic (exact) mass is 614 g/mol. The molecule has 234 valence electrons. The Labute approximate surface area is 262 Å². The van der Waals surface area contributed by atoms with Gasteiger partial charge in [-0.15, -0.1) is 0 Å². The van der Waals surface area contributed by atoms with E-state index in [9.17, 15) is 4.79 Å². The Hall–Kier alpha value is -4.15. The standard InChI is InChI=1S/C34H46N6O3Si/c1-33(2,3)30-24-31(38-32(41)37-25-13-15-28(16-14-25)43-29-17-20-35-21-18-29)40(39-30)27-12-9-11-26(23-27)36-19-10-22-42-44(7,8)34(4,5)6/h9,11-18,20-21,23-24,36H,10,19,22H2,1-8H3,(H2,37,38,41). The molecule has 2 aromatic heterocycles. The van der Waals surface area contributed by atoms with Crippen molar-refractivity contribution in [2.24, 2.45) is 0 Å². The smallest absolute Gasteiger partial charge is 0.324 e. The quantitative estimate of drug-likeness (QED) is 0.115. The van der Waals surface area contributed by atoms with Crippen LogP contribution in [-0.2, 0) is 9.84 Å². The molecule has 0 fully saturated rings. The highest BCUT2D eigenvalue weighted by atomic mass is 28.4. The maximum Gasteiger partial charge on any atom is 0.324 e. The molecule has 44 heavy (non-hydrogen) atoms. The first-order chi connectivity index (χ1) is 20.7. The van der Waals surface area contributed by atoms with Gasteiger partial charge in [-0.25, -0.2) is 9.48 Å². The van der Waals surface area contributed by atoms with Crippen LogP contribution in [0.5, 0.6) is 11.5 Å². The van der Waals surface area contributed by atoms with E-state index in [1.807, 2.05) is 30.3 Å². The fourth-order valence-corrected chi connectivity index (χ4v) is 5.14. The largest absolute Gasteiger partial charge is 0.457 e. The van der Waals surface area contributed by atoms with E-state index < -0.39 is 8.32 Å². The SMILES string of the molecule is CC(C)(C)c1cc(NC(=O)Nc2ccc(Oc3ccncc3)cc2)n(-c2cccc(NCCCO[Si](C)(C)C(C)(C)C)c2)n1. The predicted molar refractivity (Wildman–Crippen MR) is 182 cm³/mol. The van der Waals surface area contributed by atoms with Crippen LogP contribution in [0.15, 0.2) is 79.1 Å². The first-order valence-electron chi connectivity index (χ1n) is 15.1. The molecule has 2 aromatic carbocycles. The second kappa shape index (κ2) is 13.7. The molecule has 4 aromatic rings. The van der Waals surface area contributed by atoms with Gasteiger partial charge in [-0.1, -0.05) is 47.6 Å². The zero-order chi connectivity index (χ0) is 32.0. The van der Waals surface area contributed by atoms with Crippen LogP contribution in [-0.4, -0.2) is 42.3 Å². The lowest BCUT2D eigenvalue weighted by Crippen LogP contribution is -2.41. The highest BCUT2D eigenvalue weighted by molar-refractivity contribution is 6.74. The number of aromatic nitrogens is 3. The summed E-state index contributed by atoms with van der Waals surface area (Å²) < 4.78 is 13.9. The van der Waals surface area contributed by atoms with Crippen molar-refractivity contribution in [2.75, 3.05) is 29.1 Å². The Morgan fingerprint density at radius 3 is 2.20 bits per heavy atom. The van der Waals surface area contributed by atoms with Crippen molar-refractivity contribution in [1.29, 1.82) is 0 Å². The van der Waals surface area contributed by atoms with Crippen molar-refractivity contribution in [3.8, 4) is 17.2 Å². The molecular weight excluding hydrogens is 568 g/mol. The van der Waals surface area contributed by atoms with E-state index in [1.165, 1.54) is 0 Å². The molecule has 0 bridgehead atoms. The third-order valence-corrected chi connectivity index (χ3v) is 12.3. The average molecular weight is 615 g/mol. The fourth-order valence-electron chi connectivity index (χ4n) is 4.06. The zero-order valence-corrected chi connectivity index (χ0v) is 28.2. The first kappa shape index (κ1) is 32.8. The van der Waals surface area contributed by atoms with E-state index >= 15 is 0 Å². The number of nitrogens with one attached hydrogen (secondary N) is 3. The van der Waals surface area contributed by atoms with Crippen molar-refractivity contribution in [1.82, 2.24) is 14.8 Å². The van der Waals surface area contributed by atoms with E-state index in [0.29, 0.717) is 23.0 Å². The fraction of sp³-hybridized carbons (Fsp3) is 0.382. The van der Waals surface area contributed by atoms with E-state index in [2.05, 4.69) is 75.6 Å². The Kier molecular flexibility index (Phi) is 10.2. The third kappa shape index (κ3) is 8.93. The topological polar surface area (TPSA) is 102 Å². The van der Waals surface area contributed by atoms with Crippen LogP contribution >= 0.6 is 0 Å². The lowest BCUT2D eigenvalue weighted by atomic mass is 9.92. The van der Waals surface area contributed by atoms with Crippen LogP contribution in [0.4, 0.5) is 22.0 Å². The molecule has 0 aliphatic rings. The molecule has 0 radical (unpaired) electrons. The lowest BCUT2D eigenvalue weighted by molar-refractivity contribution is 0.262. The van der Waals surface area contributed by atoms with Crippen LogP contribution in [0.3, 0.4) is 0 Å². The molecule has 3 N–H and O–H groups in total. The van der Waals surface area contributed by atoms with Gasteiger partial charge in [0.15, 0.2) is 8.32 Å². The van der Waals surface area contributed by atoms with Crippen LogP contribution in [0.1, 0.15) is 53.7 Å². The number of benzene rings is 2. The highest BCUT2D eigenvalue weighted by Gasteiger charge is 2.36. The van der Waals surface area contributed by atoms with Crippen LogP contribution in [0, 0.1) is 0 Å². The van der Waals surface area contributed by atoms with Crippen LogP contribution < -0.4 is 20.7 Å². The van der Waals surface area contributed by atoms with Gasteiger partial charge in [0, 0.05) is 48.4 Å². The van der Waals surface area contributed by atoms with Crippen LogP contribution in [0.25, 0.3) is 5.69 Å². The van der Waals surface area contributed by atoms with E-state index in [-0.39, 0.29) is 16.5 Å². The first-order valence-corrected chi connectivity index (χ1v) is 18.0. The summed E-state index contributed by atoms with van der Waals surface area (Å²) in [6.45, 7) is 19.2. The number of pyridine rings is 1. The number of ether oxygens (including phenoxy) is 1. The Morgan fingerprint density at radius 1 is 0.864 bits per heavy atom. The van der Waals surface area contributed by atoms with Gasteiger partial charge in [0.1, 0.15) is 17.3 Å². The molecule has 2 heterocycles. The molecule has 0 unspecified atom stereocenters. The summed E-state index contributed by atoms with van der Waals surface area (Å²) in [6, 6.07) is 20.4. The molecule has 10 heteroatoms. The molecule has 0 saturated heterocycles. The van der Waals surface area contributed by atoms with Crippen molar-refractivity contribution in [2.45, 2.75) is 71.5 Å². The zero-order valence-electron chi connectivity index (χ0n) is 27.2. The number of carbonyl (C=O) groups excluding carboxylic acids is 1. The molecule has 4 rings (SSSR count). The lowest BCUT2D eigenvalue weighted by Gasteiger charge is -2.36. The summed E-state index contributed by atoms with van der Waals surface area (Å²) in [7, 11) is -1.75. The van der Waals surface area contributed by atoms with Gasteiger partial charge >= 0.3 is 6.03 Å². The maximum absolute atomic E-state index is 13.1. The number of amides is 2. The van der Waals surface area contributed by atoms with Gasteiger partial charge in [0.25, 0.3) is 0 Å². The second-order valence-corrected chi connectivity index (χ2v) is 18.2. The second-order valence-electron chi connectivity index (χ2n) is 13.4.